The second-order valence-corrected chi connectivity index (χ2v) is 3.95. The van der Waals surface area contributed by atoms with Gasteiger partial charge in [-0.3, -0.25) is 0 Å². The van der Waals surface area contributed by atoms with Crippen molar-refractivity contribution in [2.24, 2.45) is 0 Å². The molecule has 1 aliphatic rings. The second kappa shape index (κ2) is 6.83. The van der Waals surface area contributed by atoms with Crippen LogP contribution in [-0.2, 0) is 19.0 Å². The molecule has 1 rings (SSSR count). The zero-order valence-corrected chi connectivity index (χ0v) is 10.2. The number of nitrogens with one attached hydrogen (secondary N) is 1. The molecule has 3 unspecified atom stereocenters. The van der Waals surface area contributed by atoms with E-state index in [0.717, 1.165) is 13.1 Å². The largest absolute Gasteiger partial charge is 0.464 e. The third-order valence-corrected chi connectivity index (χ3v) is 2.38. The Labute approximate surface area is 96.4 Å². The van der Waals surface area contributed by atoms with E-state index in [0.29, 0.717) is 13.2 Å². The molecule has 0 aromatic rings. The van der Waals surface area contributed by atoms with Gasteiger partial charge in [-0.2, -0.15) is 0 Å². The van der Waals surface area contributed by atoms with Crippen LogP contribution in [0.4, 0.5) is 0 Å². The number of hydrogen-bond donors (Lipinski definition) is 1. The summed E-state index contributed by atoms with van der Waals surface area (Å²) in [5.41, 5.74) is 0. The normalized spacial score (nSPS) is 27.4. The molecule has 0 saturated carbocycles. The molecular formula is C11H21NO4. The van der Waals surface area contributed by atoms with E-state index in [4.69, 9.17) is 14.2 Å². The molecular weight excluding hydrogens is 210 g/mol. The molecule has 3 atom stereocenters. The predicted octanol–water partition coefficient (Wildman–Crippen LogP) is 0.331. The van der Waals surface area contributed by atoms with Gasteiger partial charge in [0.05, 0.1) is 25.4 Å². The quantitative estimate of drug-likeness (QED) is 0.691. The Kier molecular flexibility index (Phi) is 5.73. The number of morpholine rings is 1. The fraction of sp³-hybridized carbons (Fsp3) is 0.909. The monoisotopic (exact) mass is 231 g/mol. The van der Waals surface area contributed by atoms with Crippen molar-refractivity contribution in [3.05, 3.63) is 0 Å². The number of esters is 1. The molecule has 16 heavy (non-hydrogen) atoms. The van der Waals surface area contributed by atoms with Gasteiger partial charge in [-0.15, -0.1) is 0 Å². The smallest absolute Gasteiger partial charge is 0.334 e. The van der Waals surface area contributed by atoms with Crippen molar-refractivity contribution < 1.29 is 19.0 Å². The minimum atomic E-state index is -0.527. The molecule has 5 nitrogen and oxygen atoms in total. The first-order chi connectivity index (χ1) is 7.63. The summed E-state index contributed by atoms with van der Waals surface area (Å²) in [5.74, 6) is -0.320. The lowest BCUT2D eigenvalue weighted by atomic mass is 10.2. The fourth-order valence-corrected chi connectivity index (χ4v) is 1.55. The van der Waals surface area contributed by atoms with Crippen LogP contribution in [0.5, 0.6) is 0 Å². The van der Waals surface area contributed by atoms with Gasteiger partial charge in [0.15, 0.2) is 6.10 Å². The lowest BCUT2D eigenvalue weighted by Gasteiger charge is -2.29. The lowest BCUT2D eigenvalue weighted by Crippen LogP contribution is -2.46. The summed E-state index contributed by atoms with van der Waals surface area (Å²) in [4.78, 5) is 11.3. The van der Waals surface area contributed by atoms with Crippen LogP contribution in [0.25, 0.3) is 0 Å². The first-order valence-corrected chi connectivity index (χ1v) is 5.78. The Balaban J connectivity index is 2.20. The van der Waals surface area contributed by atoms with Crippen LogP contribution in [0.2, 0.25) is 0 Å². The minimum Gasteiger partial charge on any atom is -0.464 e. The molecule has 1 N–H and O–H groups in total. The van der Waals surface area contributed by atoms with Crippen molar-refractivity contribution in [1.82, 2.24) is 5.32 Å². The van der Waals surface area contributed by atoms with Gasteiger partial charge in [-0.05, 0) is 20.8 Å². The van der Waals surface area contributed by atoms with Crippen LogP contribution in [0, 0.1) is 0 Å². The number of carbonyl (C=O) groups is 1. The molecule has 0 aromatic carbocycles. The van der Waals surface area contributed by atoms with E-state index in [-0.39, 0.29) is 18.2 Å². The van der Waals surface area contributed by atoms with E-state index < -0.39 is 6.10 Å². The first kappa shape index (κ1) is 13.4. The van der Waals surface area contributed by atoms with E-state index in [1.165, 1.54) is 0 Å². The zero-order chi connectivity index (χ0) is 12.0. The predicted molar refractivity (Wildman–Crippen MR) is 59.3 cm³/mol. The topological polar surface area (TPSA) is 56.8 Å². The average molecular weight is 231 g/mol. The maximum atomic E-state index is 11.3. The van der Waals surface area contributed by atoms with E-state index in [1.54, 1.807) is 13.8 Å². The fourth-order valence-electron chi connectivity index (χ4n) is 1.55. The van der Waals surface area contributed by atoms with Gasteiger partial charge in [0.1, 0.15) is 0 Å². The Morgan fingerprint density at radius 2 is 2.31 bits per heavy atom. The summed E-state index contributed by atoms with van der Waals surface area (Å²) in [5, 5.41) is 3.24. The Bertz CT molecular complexity index is 222. The van der Waals surface area contributed by atoms with Gasteiger partial charge < -0.3 is 19.5 Å². The van der Waals surface area contributed by atoms with Crippen LogP contribution in [0.15, 0.2) is 0 Å². The highest BCUT2D eigenvalue weighted by Crippen LogP contribution is 2.05. The Morgan fingerprint density at radius 3 is 2.94 bits per heavy atom. The third kappa shape index (κ3) is 4.47. The minimum absolute atomic E-state index is 0.0145. The molecule has 0 amide bonds. The lowest BCUT2D eigenvalue weighted by molar-refractivity contribution is -0.159. The van der Waals surface area contributed by atoms with E-state index in [1.807, 2.05) is 6.92 Å². The molecule has 0 aromatic heterocycles. The molecule has 0 radical (unpaired) electrons. The van der Waals surface area contributed by atoms with Crippen molar-refractivity contribution in [3.8, 4) is 0 Å². The number of hydrogen-bond acceptors (Lipinski definition) is 5. The molecule has 1 aliphatic heterocycles. The average Bonchev–Trinajstić information content (AvgIpc) is 2.26. The molecule has 1 fully saturated rings. The van der Waals surface area contributed by atoms with Gasteiger partial charge in [0.2, 0.25) is 0 Å². The first-order valence-electron chi connectivity index (χ1n) is 5.78. The summed E-state index contributed by atoms with van der Waals surface area (Å²) in [7, 11) is 0. The van der Waals surface area contributed by atoms with Crippen LogP contribution < -0.4 is 5.32 Å². The number of ether oxygens (including phenoxy) is 3. The molecule has 0 spiro atoms. The van der Waals surface area contributed by atoms with Crippen molar-refractivity contribution in [3.63, 3.8) is 0 Å². The summed E-state index contributed by atoms with van der Waals surface area (Å²) in [6, 6.07) is 0. The molecule has 0 aliphatic carbocycles. The highest BCUT2D eigenvalue weighted by atomic mass is 16.6. The van der Waals surface area contributed by atoms with Crippen molar-refractivity contribution in [2.45, 2.75) is 39.1 Å². The van der Waals surface area contributed by atoms with E-state index >= 15 is 0 Å². The number of rotatable bonds is 5. The van der Waals surface area contributed by atoms with Gasteiger partial charge in [-0.25, -0.2) is 4.79 Å². The Hall–Kier alpha value is -0.650. The summed E-state index contributed by atoms with van der Waals surface area (Å²) in [6.07, 6.45) is -0.318. The van der Waals surface area contributed by atoms with Gasteiger partial charge >= 0.3 is 5.97 Å². The van der Waals surface area contributed by atoms with E-state index in [2.05, 4.69) is 5.32 Å². The van der Waals surface area contributed by atoms with Gasteiger partial charge in [-0.1, -0.05) is 0 Å². The maximum absolute atomic E-state index is 11.3. The standard InChI is InChI=1S/C11H21NO4/c1-4-14-11(13)9(3)15-7-10-6-12-5-8(2)16-10/h8-10,12H,4-7H2,1-3H3. The third-order valence-electron chi connectivity index (χ3n) is 2.38. The molecule has 0 bridgehead atoms. The highest BCUT2D eigenvalue weighted by Gasteiger charge is 2.21. The number of carbonyl (C=O) groups excluding carboxylic acids is 1. The van der Waals surface area contributed by atoms with Crippen LogP contribution in [-0.4, -0.2) is 50.6 Å². The molecule has 1 saturated heterocycles. The van der Waals surface area contributed by atoms with Crippen molar-refractivity contribution >= 4 is 5.97 Å². The molecule has 5 heteroatoms. The Morgan fingerprint density at radius 1 is 1.56 bits per heavy atom. The summed E-state index contributed by atoms with van der Waals surface area (Å²) < 4.78 is 15.9. The van der Waals surface area contributed by atoms with Crippen molar-refractivity contribution in [1.29, 1.82) is 0 Å². The SMILES string of the molecule is CCOC(=O)C(C)OCC1CNCC(C)O1. The van der Waals surface area contributed by atoms with Crippen LogP contribution >= 0.6 is 0 Å². The summed E-state index contributed by atoms with van der Waals surface area (Å²) >= 11 is 0. The molecule has 1 heterocycles. The zero-order valence-electron chi connectivity index (χ0n) is 10.2. The van der Waals surface area contributed by atoms with E-state index in [9.17, 15) is 4.79 Å². The summed E-state index contributed by atoms with van der Waals surface area (Å²) in [6.45, 7) is 7.90. The maximum Gasteiger partial charge on any atom is 0.334 e. The van der Waals surface area contributed by atoms with Crippen molar-refractivity contribution in [2.75, 3.05) is 26.3 Å². The highest BCUT2D eigenvalue weighted by molar-refractivity contribution is 5.74. The van der Waals surface area contributed by atoms with Crippen LogP contribution in [0.3, 0.4) is 0 Å². The van der Waals surface area contributed by atoms with Crippen LogP contribution in [0.1, 0.15) is 20.8 Å². The van der Waals surface area contributed by atoms with Gasteiger partial charge in [0.25, 0.3) is 0 Å². The second-order valence-electron chi connectivity index (χ2n) is 3.95. The van der Waals surface area contributed by atoms with Gasteiger partial charge in [0, 0.05) is 13.1 Å². The molecule has 94 valence electrons.